The van der Waals surface area contributed by atoms with Crippen molar-refractivity contribution >= 4 is 17.7 Å². The summed E-state index contributed by atoms with van der Waals surface area (Å²) in [5.74, 6) is -0.731. The average molecular weight is 237 g/mol. The molecular formula is C11H15N3O3. The molecule has 1 rings (SSSR count). The van der Waals surface area contributed by atoms with E-state index >= 15 is 0 Å². The molecule has 1 heterocycles. The van der Waals surface area contributed by atoms with Gasteiger partial charge in [-0.1, -0.05) is 0 Å². The van der Waals surface area contributed by atoms with Gasteiger partial charge in [-0.15, -0.1) is 0 Å². The highest BCUT2D eigenvalue weighted by molar-refractivity contribution is 5.94. The van der Waals surface area contributed by atoms with E-state index in [1.54, 1.807) is 12.1 Å². The van der Waals surface area contributed by atoms with Crippen LogP contribution in [0.5, 0.6) is 0 Å². The molecule has 0 aromatic carbocycles. The zero-order valence-electron chi connectivity index (χ0n) is 9.73. The van der Waals surface area contributed by atoms with Gasteiger partial charge in [-0.3, -0.25) is 9.59 Å². The first-order valence-electron chi connectivity index (χ1n) is 5.28. The molecule has 0 aliphatic heterocycles. The van der Waals surface area contributed by atoms with E-state index in [2.05, 4.69) is 15.6 Å². The number of rotatable bonds is 5. The average Bonchev–Trinajstić information content (AvgIpc) is 2.30. The normalized spacial score (nSPS) is 11.6. The van der Waals surface area contributed by atoms with E-state index < -0.39 is 12.0 Å². The molecule has 17 heavy (non-hydrogen) atoms. The van der Waals surface area contributed by atoms with Crippen molar-refractivity contribution in [1.82, 2.24) is 10.3 Å². The van der Waals surface area contributed by atoms with Gasteiger partial charge in [-0.25, -0.2) is 4.98 Å². The zero-order valence-corrected chi connectivity index (χ0v) is 9.73. The maximum absolute atomic E-state index is 11.4. The number of aliphatic carboxylic acids is 1. The van der Waals surface area contributed by atoms with E-state index in [0.717, 1.165) is 0 Å². The molecule has 1 aromatic heterocycles. The SMILES string of the molecule is CCNC(=O)c1ccc(N[C@H](C)C(=O)O)nc1. The van der Waals surface area contributed by atoms with Crippen molar-refractivity contribution in [2.24, 2.45) is 0 Å². The Balaban J connectivity index is 2.68. The Bertz CT molecular complexity index is 403. The van der Waals surface area contributed by atoms with Crippen LogP contribution in [0, 0.1) is 0 Å². The van der Waals surface area contributed by atoms with Crippen LogP contribution in [-0.4, -0.2) is 34.6 Å². The largest absolute Gasteiger partial charge is 0.480 e. The smallest absolute Gasteiger partial charge is 0.325 e. The summed E-state index contributed by atoms with van der Waals surface area (Å²) >= 11 is 0. The third kappa shape index (κ3) is 3.75. The number of hydrogen-bond donors (Lipinski definition) is 3. The van der Waals surface area contributed by atoms with E-state index in [0.29, 0.717) is 17.9 Å². The Hall–Kier alpha value is -2.11. The summed E-state index contributed by atoms with van der Waals surface area (Å²) in [5.41, 5.74) is 0.445. The third-order valence-electron chi connectivity index (χ3n) is 2.10. The Morgan fingerprint density at radius 3 is 2.65 bits per heavy atom. The van der Waals surface area contributed by atoms with Crippen molar-refractivity contribution < 1.29 is 14.7 Å². The Morgan fingerprint density at radius 2 is 2.18 bits per heavy atom. The molecule has 6 heteroatoms. The topological polar surface area (TPSA) is 91.3 Å². The molecule has 1 amide bonds. The highest BCUT2D eigenvalue weighted by Crippen LogP contribution is 2.06. The standard InChI is InChI=1S/C11H15N3O3/c1-3-12-10(15)8-4-5-9(13-6-8)14-7(2)11(16)17/h4-7H,3H2,1-2H3,(H,12,15)(H,13,14)(H,16,17)/t7-/m1/s1. The first kappa shape index (κ1) is 13.0. The molecule has 6 nitrogen and oxygen atoms in total. The Labute approximate surface area is 99.1 Å². The predicted molar refractivity (Wildman–Crippen MR) is 63.0 cm³/mol. The third-order valence-corrected chi connectivity index (χ3v) is 2.10. The monoisotopic (exact) mass is 237 g/mol. The summed E-state index contributed by atoms with van der Waals surface area (Å²) in [4.78, 5) is 26.0. The number of anilines is 1. The number of hydrogen-bond acceptors (Lipinski definition) is 4. The number of amides is 1. The van der Waals surface area contributed by atoms with Gasteiger partial charge in [0.2, 0.25) is 0 Å². The van der Waals surface area contributed by atoms with Gasteiger partial charge in [-0.05, 0) is 26.0 Å². The fraction of sp³-hybridized carbons (Fsp3) is 0.364. The minimum atomic E-state index is -0.959. The van der Waals surface area contributed by atoms with Crippen LogP contribution < -0.4 is 10.6 Å². The van der Waals surface area contributed by atoms with E-state index in [9.17, 15) is 9.59 Å². The maximum atomic E-state index is 11.4. The molecule has 92 valence electrons. The molecule has 1 atom stereocenters. The van der Waals surface area contributed by atoms with Crippen molar-refractivity contribution in [2.75, 3.05) is 11.9 Å². The van der Waals surface area contributed by atoms with Gasteiger partial charge in [-0.2, -0.15) is 0 Å². The molecule has 0 aliphatic rings. The Morgan fingerprint density at radius 1 is 1.47 bits per heavy atom. The molecular weight excluding hydrogens is 222 g/mol. The number of nitrogens with one attached hydrogen (secondary N) is 2. The van der Waals surface area contributed by atoms with E-state index in [1.807, 2.05) is 6.92 Å². The number of carboxylic acids is 1. The lowest BCUT2D eigenvalue weighted by molar-refractivity contribution is -0.137. The van der Waals surface area contributed by atoms with Gasteiger partial charge in [0.25, 0.3) is 5.91 Å². The number of carbonyl (C=O) groups excluding carboxylic acids is 1. The molecule has 0 fully saturated rings. The second-order valence-corrected chi connectivity index (χ2v) is 3.50. The maximum Gasteiger partial charge on any atom is 0.325 e. The lowest BCUT2D eigenvalue weighted by Crippen LogP contribution is -2.26. The fourth-order valence-corrected chi connectivity index (χ4v) is 1.16. The number of pyridine rings is 1. The summed E-state index contributed by atoms with van der Waals surface area (Å²) in [7, 11) is 0. The molecule has 0 saturated heterocycles. The number of aromatic nitrogens is 1. The zero-order chi connectivity index (χ0) is 12.8. The minimum absolute atomic E-state index is 0.196. The minimum Gasteiger partial charge on any atom is -0.480 e. The van der Waals surface area contributed by atoms with Gasteiger partial charge in [0.1, 0.15) is 11.9 Å². The first-order chi connectivity index (χ1) is 8.04. The number of carbonyl (C=O) groups is 2. The van der Waals surface area contributed by atoms with E-state index in [4.69, 9.17) is 5.11 Å². The molecule has 0 bridgehead atoms. The van der Waals surface area contributed by atoms with Crippen molar-refractivity contribution in [3.63, 3.8) is 0 Å². The number of nitrogens with zero attached hydrogens (tertiary/aromatic N) is 1. The molecule has 3 N–H and O–H groups in total. The lowest BCUT2D eigenvalue weighted by Gasteiger charge is -2.09. The second kappa shape index (κ2) is 5.83. The summed E-state index contributed by atoms with van der Waals surface area (Å²) in [6.45, 7) is 3.90. The molecule has 1 aromatic rings. The van der Waals surface area contributed by atoms with Crippen molar-refractivity contribution in [3.05, 3.63) is 23.9 Å². The van der Waals surface area contributed by atoms with Crippen LogP contribution in [0.1, 0.15) is 24.2 Å². The van der Waals surface area contributed by atoms with Gasteiger partial charge >= 0.3 is 5.97 Å². The van der Waals surface area contributed by atoms with Crippen LogP contribution in [0.15, 0.2) is 18.3 Å². The van der Waals surface area contributed by atoms with Crippen LogP contribution in [0.25, 0.3) is 0 Å². The summed E-state index contributed by atoms with van der Waals surface area (Å²) < 4.78 is 0. The quantitative estimate of drug-likeness (QED) is 0.701. The van der Waals surface area contributed by atoms with E-state index in [-0.39, 0.29) is 5.91 Å². The van der Waals surface area contributed by atoms with Crippen LogP contribution in [-0.2, 0) is 4.79 Å². The van der Waals surface area contributed by atoms with Crippen molar-refractivity contribution in [2.45, 2.75) is 19.9 Å². The van der Waals surface area contributed by atoms with Gasteiger partial charge < -0.3 is 15.7 Å². The molecule has 0 aliphatic carbocycles. The summed E-state index contributed by atoms with van der Waals surface area (Å²) in [6, 6.07) is 2.44. The predicted octanol–water partition coefficient (Wildman–Crippen LogP) is 0.716. The van der Waals surface area contributed by atoms with Crippen LogP contribution >= 0.6 is 0 Å². The van der Waals surface area contributed by atoms with Crippen molar-refractivity contribution in [3.8, 4) is 0 Å². The molecule has 0 saturated carbocycles. The molecule has 0 unspecified atom stereocenters. The fourth-order valence-electron chi connectivity index (χ4n) is 1.16. The summed E-state index contributed by atoms with van der Waals surface area (Å²) in [6.07, 6.45) is 1.40. The van der Waals surface area contributed by atoms with Gasteiger partial charge in [0, 0.05) is 12.7 Å². The highest BCUT2D eigenvalue weighted by Gasteiger charge is 2.11. The van der Waals surface area contributed by atoms with Crippen molar-refractivity contribution in [1.29, 1.82) is 0 Å². The first-order valence-corrected chi connectivity index (χ1v) is 5.28. The van der Waals surface area contributed by atoms with Crippen LogP contribution in [0.2, 0.25) is 0 Å². The van der Waals surface area contributed by atoms with Gasteiger partial charge in [0.15, 0.2) is 0 Å². The number of carboxylic acid groups (broad SMARTS) is 1. The molecule has 0 radical (unpaired) electrons. The van der Waals surface area contributed by atoms with E-state index in [1.165, 1.54) is 13.1 Å². The highest BCUT2D eigenvalue weighted by atomic mass is 16.4. The Kier molecular flexibility index (Phi) is 4.45. The van der Waals surface area contributed by atoms with Crippen LogP contribution in [0.4, 0.5) is 5.82 Å². The lowest BCUT2D eigenvalue weighted by atomic mass is 10.2. The summed E-state index contributed by atoms with van der Waals surface area (Å²) in [5, 5.41) is 14.0. The molecule has 0 spiro atoms. The second-order valence-electron chi connectivity index (χ2n) is 3.50. The van der Waals surface area contributed by atoms with Crippen LogP contribution in [0.3, 0.4) is 0 Å². The van der Waals surface area contributed by atoms with Gasteiger partial charge in [0.05, 0.1) is 5.56 Å².